The predicted molar refractivity (Wildman–Crippen MR) is 84.4 cm³/mol. The van der Waals surface area contributed by atoms with Crippen LogP contribution in [0.1, 0.15) is 18.4 Å². The summed E-state index contributed by atoms with van der Waals surface area (Å²) in [5.74, 6) is 0.919. The zero-order chi connectivity index (χ0) is 14.1. The molecule has 0 aliphatic rings. The van der Waals surface area contributed by atoms with Crippen LogP contribution in [0.3, 0.4) is 0 Å². The number of hydrogen-bond acceptors (Lipinski definition) is 2. The Morgan fingerprint density at radius 2 is 1.63 bits per heavy atom. The highest BCUT2D eigenvalue weighted by molar-refractivity contribution is 6.69. The van der Waals surface area contributed by atoms with E-state index in [1.165, 1.54) is 5.56 Å². The first-order valence-electron chi connectivity index (χ1n) is 6.93. The molecule has 0 aromatic heterocycles. The summed E-state index contributed by atoms with van der Waals surface area (Å²) in [5.41, 5.74) is 1.35. The Balaban J connectivity index is 2.15. The van der Waals surface area contributed by atoms with Crippen molar-refractivity contribution < 1.29 is 9.16 Å². The molecule has 0 bridgehead atoms. The lowest BCUT2D eigenvalue weighted by atomic mass is 10.1. The molecule has 0 amide bonds. The van der Waals surface area contributed by atoms with Crippen LogP contribution in [0.15, 0.2) is 36.4 Å². The third-order valence-corrected chi connectivity index (χ3v) is 3.82. The minimum Gasteiger partial charge on any atom is -0.497 e. The highest BCUT2D eigenvalue weighted by Crippen LogP contribution is 2.12. The molecule has 106 valence electrons. The lowest BCUT2D eigenvalue weighted by Gasteiger charge is -2.15. The SMILES string of the molecule is COc1ccc(CC/C=C/CCO[Si](C)(C)C)cc1. The second kappa shape index (κ2) is 8.18. The van der Waals surface area contributed by atoms with E-state index in [4.69, 9.17) is 9.16 Å². The molecule has 0 aliphatic heterocycles. The monoisotopic (exact) mass is 278 g/mol. The highest BCUT2D eigenvalue weighted by atomic mass is 28.4. The second-order valence-electron chi connectivity index (χ2n) is 5.61. The van der Waals surface area contributed by atoms with Crippen molar-refractivity contribution in [3.05, 3.63) is 42.0 Å². The van der Waals surface area contributed by atoms with Gasteiger partial charge in [-0.25, -0.2) is 0 Å². The molecule has 0 saturated heterocycles. The smallest absolute Gasteiger partial charge is 0.183 e. The van der Waals surface area contributed by atoms with Crippen molar-refractivity contribution in [2.45, 2.75) is 38.9 Å². The number of aryl methyl sites for hydroxylation is 1. The van der Waals surface area contributed by atoms with Gasteiger partial charge in [0.2, 0.25) is 0 Å². The van der Waals surface area contributed by atoms with Gasteiger partial charge in [0, 0.05) is 6.61 Å². The standard InChI is InChI=1S/C16H26O2Si/c1-17-16-12-10-15(11-13-16)9-7-5-6-8-14-18-19(2,3)4/h5-6,10-13H,7-9,14H2,1-4H3/b6-5+. The van der Waals surface area contributed by atoms with Crippen molar-refractivity contribution in [1.82, 2.24) is 0 Å². The number of rotatable bonds is 8. The Morgan fingerprint density at radius 1 is 1.00 bits per heavy atom. The molecule has 0 heterocycles. The summed E-state index contributed by atoms with van der Waals surface area (Å²) in [5, 5.41) is 0. The molecule has 1 aromatic carbocycles. The van der Waals surface area contributed by atoms with E-state index in [-0.39, 0.29) is 0 Å². The van der Waals surface area contributed by atoms with Crippen molar-refractivity contribution >= 4 is 8.32 Å². The Hall–Kier alpha value is -1.06. The Labute approximate surface area is 118 Å². The third kappa shape index (κ3) is 7.85. The Morgan fingerprint density at radius 3 is 2.21 bits per heavy atom. The molecular formula is C16H26O2Si. The summed E-state index contributed by atoms with van der Waals surface area (Å²) in [4.78, 5) is 0. The summed E-state index contributed by atoms with van der Waals surface area (Å²) < 4.78 is 10.9. The number of allylic oxidation sites excluding steroid dienone is 1. The largest absolute Gasteiger partial charge is 0.497 e. The van der Waals surface area contributed by atoms with Crippen LogP contribution in [0.25, 0.3) is 0 Å². The van der Waals surface area contributed by atoms with Crippen LogP contribution < -0.4 is 4.74 Å². The maximum absolute atomic E-state index is 5.79. The topological polar surface area (TPSA) is 18.5 Å². The summed E-state index contributed by atoms with van der Waals surface area (Å²) >= 11 is 0. The van der Waals surface area contributed by atoms with Gasteiger partial charge in [0.15, 0.2) is 8.32 Å². The molecule has 0 fully saturated rings. The van der Waals surface area contributed by atoms with Crippen molar-refractivity contribution in [1.29, 1.82) is 0 Å². The summed E-state index contributed by atoms with van der Waals surface area (Å²) in [6.45, 7) is 7.52. The average molecular weight is 278 g/mol. The molecule has 0 saturated carbocycles. The van der Waals surface area contributed by atoms with Crippen molar-refractivity contribution in [2.24, 2.45) is 0 Å². The molecular weight excluding hydrogens is 252 g/mol. The van der Waals surface area contributed by atoms with Gasteiger partial charge in [-0.1, -0.05) is 24.3 Å². The minimum absolute atomic E-state index is 0.856. The number of ether oxygens (including phenoxy) is 1. The lowest BCUT2D eigenvalue weighted by molar-refractivity contribution is 0.319. The van der Waals surface area contributed by atoms with Gasteiger partial charge >= 0.3 is 0 Å². The van der Waals surface area contributed by atoms with Crippen LogP contribution in [0.2, 0.25) is 19.6 Å². The van der Waals surface area contributed by atoms with Crippen LogP contribution in [0, 0.1) is 0 Å². The quantitative estimate of drug-likeness (QED) is 0.398. The van der Waals surface area contributed by atoms with E-state index in [1.54, 1.807) is 7.11 Å². The van der Waals surface area contributed by atoms with Crippen LogP contribution in [0.5, 0.6) is 5.75 Å². The van der Waals surface area contributed by atoms with Gasteiger partial charge in [-0.3, -0.25) is 0 Å². The van der Waals surface area contributed by atoms with E-state index >= 15 is 0 Å². The first kappa shape index (κ1) is 16.0. The van der Waals surface area contributed by atoms with E-state index in [0.29, 0.717) is 0 Å². The minimum atomic E-state index is -1.33. The van der Waals surface area contributed by atoms with Gasteiger partial charge in [0.25, 0.3) is 0 Å². The molecule has 0 radical (unpaired) electrons. The predicted octanol–water partition coefficient (Wildman–Crippen LogP) is 4.43. The van der Waals surface area contributed by atoms with Crippen LogP contribution >= 0.6 is 0 Å². The van der Waals surface area contributed by atoms with E-state index in [2.05, 4.69) is 43.9 Å². The van der Waals surface area contributed by atoms with Crippen LogP contribution in [-0.2, 0) is 10.8 Å². The molecule has 1 rings (SSSR count). The van der Waals surface area contributed by atoms with Gasteiger partial charge < -0.3 is 9.16 Å². The lowest BCUT2D eigenvalue weighted by Crippen LogP contribution is -2.25. The van der Waals surface area contributed by atoms with Gasteiger partial charge in [0.05, 0.1) is 7.11 Å². The number of methoxy groups -OCH3 is 1. The normalized spacial score (nSPS) is 12.0. The Bertz CT molecular complexity index is 377. The fraction of sp³-hybridized carbons (Fsp3) is 0.500. The van der Waals surface area contributed by atoms with Crippen LogP contribution in [0.4, 0.5) is 0 Å². The number of hydrogen-bond donors (Lipinski definition) is 0. The molecule has 0 unspecified atom stereocenters. The van der Waals surface area contributed by atoms with Gasteiger partial charge in [-0.05, 0) is 56.6 Å². The van der Waals surface area contributed by atoms with E-state index in [1.807, 2.05) is 12.1 Å². The van der Waals surface area contributed by atoms with Gasteiger partial charge in [-0.15, -0.1) is 0 Å². The van der Waals surface area contributed by atoms with Crippen molar-refractivity contribution in [2.75, 3.05) is 13.7 Å². The zero-order valence-corrected chi connectivity index (χ0v) is 13.6. The summed E-state index contributed by atoms with van der Waals surface area (Å²) in [7, 11) is 0.362. The summed E-state index contributed by atoms with van der Waals surface area (Å²) in [6.07, 6.45) is 7.66. The Kier molecular flexibility index (Phi) is 6.88. The fourth-order valence-corrected chi connectivity index (χ4v) is 2.44. The van der Waals surface area contributed by atoms with E-state index < -0.39 is 8.32 Å². The van der Waals surface area contributed by atoms with Crippen molar-refractivity contribution in [3.63, 3.8) is 0 Å². The molecule has 3 heteroatoms. The molecule has 0 atom stereocenters. The van der Waals surface area contributed by atoms with E-state index in [0.717, 1.165) is 31.6 Å². The van der Waals surface area contributed by atoms with Gasteiger partial charge in [0.1, 0.15) is 5.75 Å². The first-order valence-corrected chi connectivity index (χ1v) is 10.3. The first-order chi connectivity index (χ1) is 9.01. The molecule has 1 aromatic rings. The molecule has 0 aliphatic carbocycles. The maximum atomic E-state index is 5.79. The molecule has 0 N–H and O–H groups in total. The number of benzene rings is 1. The highest BCUT2D eigenvalue weighted by Gasteiger charge is 2.12. The second-order valence-corrected chi connectivity index (χ2v) is 10.1. The fourth-order valence-electron chi connectivity index (χ4n) is 1.71. The van der Waals surface area contributed by atoms with Crippen LogP contribution in [-0.4, -0.2) is 22.0 Å². The zero-order valence-electron chi connectivity index (χ0n) is 12.6. The average Bonchev–Trinajstić information content (AvgIpc) is 2.37. The molecule has 19 heavy (non-hydrogen) atoms. The van der Waals surface area contributed by atoms with Crippen molar-refractivity contribution in [3.8, 4) is 5.75 Å². The maximum Gasteiger partial charge on any atom is 0.183 e. The third-order valence-electron chi connectivity index (χ3n) is 2.74. The summed E-state index contributed by atoms with van der Waals surface area (Å²) in [6, 6.07) is 8.28. The van der Waals surface area contributed by atoms with Gasteiger partial charge in [-0.2, -0.15) is 0 Å². The molecule has 2 nitrogen and oxygen atoms in total. The van der Waals surface area contributed by atoms with E-state index in [9.17, 15) is 0 Å². The molecule has 0 spiro atoms.